The normalized spacial score (nSPS) is 19.1. The lowest BCUT2D eigenvalue weighted by molar-refractivity contribution is -0.148. The summed E-state index contributed by atoms with van der Waals surface area (Å²) in [7, 11) is 1.26. The standard InChI is InChI=1S/C15H16INO5/c1-22-15(21)10-7-13(18)17(8-10)12(14(19)20)6-9-2-4-11(16)5-3-9/h2-5,10,12H,6-8H2,1H3,(H,19,20)/t10?,12-/m0/s1. The van der Waals surface area contributed by atoms with Crippen LogP contribution in [0.2, 0.25) is 0 Å². The Bertz CT molecular complexity index is 586. The Hall–Kier alpha value is -1.64. The third kappa shape index (κ3) is 3.76. The van der Waals surface area contributed by atoms with E-state index in [4.69, 9.17) is 0 Å². The van der Waals surface area contributed by atoms with Crippen LogP contribution in [-0.2, 0) is 25.5 Å². The first-order chi connectivity index (χ1) is 10.4. The Kier molecular flexibility index (Phi) is 5.38. The van der Waals surface area contributed by atoms with Gasteiger partial charge in [0.2, 0.25) is 5.91 Å². The Morgan fingerprint density at radius 3 is 2.59 bits per heavy atom. The van der Waals surface area contributed by atoms with Crippen molar-refractivity contribution < 1.29 is 24.2 Å². The van der Waals surface area contributed by atoms with Crippen LogP contribution in [0.1, 0.15) is 12.0 Å². The van der Waals surface area contributed by atoms with Gasteiger partial charge in [0.1, 0.15) is 6.04 Å². The van der Waals surface area contributed by atoms with Crippen LogP contribution in [0.5, 0.6) is 0 Å². The molecule has 1 heterocycles. The Balaban J connectivity index is 2.14. The highest BCUT2D eigenvalue weighted by molar-refractivity contribution is 14.1. The van der Waals surface area contributed by atoms with Crippen molar-refractivity contribution >= 4 is 40.4 Å². The number of carbonyl (C=O) groups is 3. The molecule has 0 spiro atoms. The zero-order valence-corrected chi connectivity index (χ0v) is 14.1. The first kappa shape index (κ1) is 16.7. The fraction of sp³-hybridized carbons (Fsp3) is 0.400. The van der Waals surface area contributed by atoms with Gasteiger partial charge in [0.05, 0.1) is 13.0 Å². The van der Waals surface area contributed by atoms with Gasteiger partial charge in [-0.15, -0.1) is 0 Å². The maximum Gasteiger partial charge on any atom is 0.326 e. The molecule has 1 aliphatic rings. The first-order valence-corrected chi connectivity index (χ1v) is 7.84. The number of benzene rings is 1. The molecule has 118 valence electrons. The second-order valence-electron chi connectivity index (χ2n) is 5.15. The maximum absolute atomic E-state index is 12.0. The molecule has 0 radical (unpaired) electrons. The number of hydrogen-bond donors (Lipinski definition) is 1. The highest BCUT2D eigenvalue weighted by Gasteiger charge is 2.40. The number of carboxylic acids is 1. The number of amides is 1. The SMILES string of the molecule is COC(=O)C1CC(=O)N([C@@H](Cc2ccc(I)cc2)C(=O)O)C1. The summed E-state index contributed by atoms with van der Waals surface area (Å²) in [5.41, 5.74) is 0.835. The van der Waals surface area contributed by atoms with Gasteiger partial charge in [-0.2, -0.15) is 0 Å². The van der Waals surface area contributed by atoms with Crippen molar-refractivity contribution in [3.05, 3.63) is 33.4 Å². The predicted molar refractivity (Wildman–Crippen MR) is 86.1 cm³/mol. The molecular weight excluding hydrogens is 401 g/mol. The molecule has 0 saturated carbocycles. The van der Waals surface area contributed by atoms with Crippen LogP contribution in [0.3, 0.4) is 0 Å². The van der Waals surface area contributed by atoms with E-state index in [2.05, 4.69) is 27.3 Å². The number of hydrogen-bond acceptors (Lipinski definition) is 4. The summed E-state index contributed by atoms with van der Waals surface area (Å²) in [6.45, 7) is 0.0901. The van der Waals surface area contributed by atoms with Crippen LogP contribution in [0.15, 0.2) is 24.3 Å². The van der Waals surface area contributed by atoms with Crippen molar-refractivity contribution in [1.29, 1.82) is 0 Å². The lowest BCUT2D eigenvalue weighted by Crippen LogP contribution is -2.44. The number of aliphatic carboxylic acids is 1. The summed E-state index contributed by atoms with van der Waals surface area (Å²) in [6, 6.07) is 6.49. The van der Waals surface area contributed by atoms with Gasteiger partial charge in [0, 0.05) is 23.0 Å². The summed E-state index contributed by atoms with van der Waals surface area (Å²) in [6.07, 6.45) is 0.217. The molecule has 1 unspecified atom stereocenters. The molecule has 1 aromatic carbocycles. The van der Waals surface area contributed by atoms with E-state index >= 15 is 0 Å². The average Bonchev–Trinajstić information content (AvgIpc) is 2.87. The van der Waals surface area contributed by atoms with Gasteiger partial charge in [-0.1, -0.05) is 12.1 Å². The van der Waals surface area contributed by atoms with Gasteiger partial charge in [-0.25, -0.2) is 4.79 Å². The molecule has 1 N–H and O–H groups in total. The number of ether oxygens (including phenoxy) is 1. The third-order valence-corrected chi connectivity index (χ3v) is 4.42. The van der Waals surface area contributed by atoms with Gasteiger partial charge in [-0.3, -0.25) is 9.59 Å². The number of carboxylic acid groups (broad SMARTS) is 1. The number of likely N-dealkylation sites (tertiary alicyclic amines) is 1. The highest BCUT2D eigenvalue weighted by atomic mass is 127. The molecule has 6 nitrogen and oxygen atoms in total. The quantitative estimate of drug-likeness (QED) is 0.577. The largest absolute Gasteiger partial charge is 0.480 e. The monoisotopic (exact) mass is 417 g/mol. The van der Waals surface area contributed by atoms with Crippen molar-refractivity contribution in [2.75, 3.05) is 13.7 Å². The van der Waals surface area contributed by atoms with E-state index in [9.17, 15) is 19.5 Å². The van der Waals surface area contributed by atoms with Crippen molar-refractivity contribution in [2.45, 2.75) is 18.9 Å². The number of esters is 1. The molecule has 22 heavy (non-hydrogen) atoms. The molecule has 1 amide bonds. The van der Waals surface area contributed by atoms with E-state index in [1.165, 1.54) is 12.0 Å². The van der Waals surface area contributed by atoms with Crippen molar-refractivity contribution in [2.24, 2.45) is 5.92 Å². The molecule has 0 aromatic heterocycles. The number of methoxy groups -OCH3 is 1. The molecule has 2 atom stereocenters. The van der Waals surface area contributed by atoms with E-state index in [1.807, 2.05) is 24.3 Å². The molecule has 0 aliphatic carbocycles. The predicted octanol–water partition coefficient (Wildman–Crippen LogP) is 1.31. The topological polar surface area (TPSA) is 83.9 Å². The fourth-order valence-corrected chi connectivity index (χ4v) is 2.89. The smallest absolute Gasteiger partial charge is 0.326 e. The number of rotatable bonds is 5. The van der Waals surface area contributed by atoms with Crippen LogP contribution in [0.25, 0.3) is 0 Å². The molecule has 1 aromatic rings. The maximum atomic E-state index is 12.0. The highest BCUT2D eigenvalue weighted by Crippen LogP contribution is 2.23. The van der Waals surface area contributed by atoms with Gasteiger partial charge in [0.25, 0.3) is 0 Å². The van der Waals surface area contributed by atoms with Gasteiger partial charge >= 0.3 is 11.9 Å². The van der Waals surface area contributed by atoms with Crippen LogP contribution in [0, 0.1) is 9.49 Å². The van der Waals surface area contributed by atoms with Crippen molar-refractivity contribution in [3.8, 4) is 0 Å². The lowest BCUT2D eigenvalue weighted by Gasteiger charge is -2.24. The van der Waals surface area contributed by atoms with E-state index in [1.54, 1.807) is 0 Å². The van der Waals surface area contributed by atoms with Crippen LogP contribution in [-0.4, -0.2) is 47.5 Å². The second-order valence-corrected chi connectivity index (χ2v) is 6.40. The minimum absolute atomic E-state index is 0.00312. The summed E-state index contributed by atoms with van der Waals surface area (Å²) in [4.78, 5) is 36.4. The minimum atomic E-state index is -1.07. The summed E-state index contributed by atoms with van der Waals surface area (Å²) in [5, 5.41) is 9.44. The Morgan fingerprint density at radius 1 is 1.41 bits per heavy atom. The van der Waals surface area contributed by atoms with Gasteiger partial charge in [-0.05, 0) is 40.3 Å². The third-order valence-electron chi connectivity index (χ3n) is 3.70. The van der Waals surface area contributed by atoms with Gasteiger partial charge in [0.15, 0.2) is 0 Å². The second kappa shape index (κ2) is 7.08. The van der Waals surface area contributed by atoms with Gasteiger partial charge < -0.3 is 14.7 Å². The number of halogens is 1. The van der Waals surface area contributed by atoms with Crippen LogP contribution in [0.4, 0.5) is 0 Å². The fourth-order valence-electron chi connectivity index (χ4n) is 2.53. The Labute approximate surface area is 141 Å². The van der Waals surface area contributed by atoms with Crippen molar-refractivity contribution in [3.63, 3.8) is 0 Å². The first-order valence-electron chi connectivity index (χ1n) is 6.77. The number of carbonyl (C=O) groups excluding carboxylic acids is 2. The zero-order valence-electron chi connectivity index (χ0n) is 12.0. The Morgan fingerprint density at radius 2 is 2.05 bits per heavy atom. The molecular formula is C15H16INO5. The summed E-state index contributed by atoms with van der Waals surface area (Å²) in [5.74, 6) is -2.46. The molecule has 2 rings (SSSR count). The number of nitrogens with zero attached hydrogens (tertiary/aromatic N) is 1. The minimum Gasteiger partial charge on any atom is -0.480 e. The van der Waals surface area contributed by atoms with Crippen molar-refractivity contribution in [1.82, 2.24) is 4.90 Å². The average molecular weight is 417 g/mol. The molecule has 1 fully saturated rings. The molecule has 0 bridgehead atoms. The van der Waals surface area contributed by atoms with E-state index in [0.29, 0.717) is 0 Å². The summed E-state index contributed by atoms with van der Waals surface area (Å²) < 4.78 is 5.69. The van der Waals surface area contributed by atoms with Crippen LogP contribution >= 0.6 is 22.6 Å². The van der Waals surface area contributed by atoms with E-state index in [-0.39, 0.29) is 25.3 Å². The van der Waals surface area contributed by atoms with E-state index in [0.717, 1.165) is 9.13 Å². The van der Waals surface area contributed by atoms with Crippen LogP contribution < -0.4 is 0 Å². The molecule has 7 heteroatoms. The summed E-state index contributed by atoms with van der Waals surface area (Å²) >= 11 is 2.17. The van der Waals surface area contributed by atoms with E-state index < -0.39 is 23.9 Å². The molecule has 1 aliphatic heterocycles. The zero-order chi connectivity index (χ0) is 16.3. The molecule has 1 saturated heterocycles. The lowest BCUT2D eigenvalue weighted by atomic mass is 10.0.